The zero-order valence-electron chi connectivity index (χ0n) is 11.9. The number of carbonyl (C=O) groups is 2. The van der Waals surface area contributed by atoms with Gasteiger partial charge in [0.2, 0.25) is 5.91 Å². The van der Waals surface area contributed by atoms with E-state index in [0.29, 0.717) is 23.3 Å². The van der Waals surface area contributed by atoms with Gasteiger partial charge < -0.3 is 5.32 Å². The molecule has 1 aliphatic rings. The van der Waals surface area contributed by atoms with Gasteiger partial charge in [-0.25, -0.2) is 0 Å². The lowest BCUT2D eigenvalue weighted by molar-refractivity contribution is -0.116. The van der Waals surface area contributed by atoms with Crippen LogP contribution in [0.4, 0.5) is 5.69 Å². The molecule has 1 aliphatic heterocycles. The van der Waals surface area contributed by atoms with E-state index in [4.69, 9.17) is 0 Å². The number of fused-ring (bicyclic) bond motifs is 1. The van der Waals surface area contributed by atoms with Gasteiger partial charge in [0.05, 0.1) is 16.6 Å². The summed E-state index contributed by atoms with van der Waals surface area (Å²) in [6, 6.07) is 14.2. The number of Topliss-reactive ketones (excluding diaryl/α,β-unsaturated/α-hetero) is 1. The highest BCUT2D eigenvalue weighted by atomic mass is 32.2. The fourth-order valence-corrected chi connectivity index (χ4v) is 3.45. The van der Waals surface area contributed by atoms with Gasteiger partial charge in [0.25, 0.3) is 0 Å². The number of rotatable bonds is 4. The average Bonchev–Trinajstić information content (AvgIpc) is 2.55. The Bertz CT molecular complexity index is 756. The number of amides is 1. The number of benzene rings is 2. The van der Waals surface area contributed by atoms with Crippen LogP contribution in [0.15, 0.2) is 53.4 Å². The van der Waals surface area contributed by atoms with Gasteiger partial charge in [0.15, 0.2) is 5.78 Å². The third kappa shape index (κ3) is 3.14. The average molecular weight is 313 g/mol. The molecule has 0 aliphatic carbocycles. The Morgan fingerprint density at radius 3 is 2.64 bits per heavy atom. The Morgan fingerprint density at radius 2 is 1.86 bits per heavy atom. The smallest absolute Gasteiger partial charge is 0.224 e. The highest BCUT2D eigenvalue weighted by Gasteiger charge is 2.18. The Morgan fingerprint density at radius 1 is 1.09 bits per heavy atom. The Hall–Kier alpha value is -2.27. The van der Waals surface area contributed by atoms with Crippen molar-refractivity contribution in [1.82, 2.24) is 0 Å². The van der Waals surface area contributed by atoms with Crippen LogP contribution in [0.1, 0.15) is 22.3 Å². The number of hydrogen-bond donors (Lipinski definition) is 1. The molecule has 1 unspecified atom stereocenters. The summed E-state index contributed by atoms with van der Waals surface area (Å²) in [6.45, 7) is 0. The first-order chi connectivity index (χ1) is 10.6. The maximum atomic E-state index is 12.3. The first-order valence-corrected chi connectivity index (χ1v) is 8.35. The fraction of sp³-hybridized carbons (Fsp3) is 0.176. The van der Waals surface area contributed by atoms with E-state index >= 15 is 0 Å². The molecule has 1 heterocycles. The number of carbonyl (C=O) groups excluding carboxylic acids is 2. The van der Waals surface area contributed by atoms with E-state index in [1.807, 2.05) is 6.07 Å². The van der Waals surface area contributed by atoms with E-state index < -0.39 is 10.8 Å². The summed E-state index contributed by atoms with van der Waals surface area (Å²) in [4.78, 5) is 24.3. The zero-order valence-corrected chi connectivity index (χ0v) is 12.7. The standard InChI is InChI=1S/C17H15NO3S/c19-16(11-22(21)14-4-2-1-3-5-14)13-6-8-15-12(10-13)7-9-17(20)18-15/h1-6,8,10H,7,9,11H2,(H,18,20). The van der Waals surface area contributed by atoms with Gasteiger partial charge in [0.1, 0.15) is 0 Å². The van der Waals surface area contributed by atoms with E-state index in [-0.39, 0.29) is 17.4 Å². The molecule has 0 saturated heterocycles. The summed E-state index contributed by atoms with van der Waals surface area (Å²) in [5.74, 6) is -0.187. The van der Waals surface area contributed by atoms with Crippen LogP contribution in [-0.4, -0.2) is 21.7 Å². The molecule has 0 radical (unpaired) electrons. The largest absolute Gasteiger partial charge is 0.326 e. The number of hydrogen-bond acceptors (Lipinski definition) is 3. The van der Waals surface area contributed by atoms with Gasteiger partial charge in [-0.2, -0.15) is 0 Å². The summed E-state index contributed by atoms with van der Waals surface area (Å²) < 4.78 is 12.2. The van der Waals surface area contributed by atoms with Crippen LogP contribution in [0, 0.1) is 0 Å². The molecular weight excluding hydrogens is 298 g/mol. The number of anilines is 1. The maximum absolute atomic E-state index is 12.3. The topological polar surface area (TPSA) is 63.2 Å². The molecule has 0 saturated carbocycles. The van der Waals surface area contributed by atoms with E-state index in [2.05, 4.69) is 5.32 Å². The molecule has 3 rings (SSSR count). The summed E-state index contributed by atoms with van der Waals surface area (Å²) >= 11 is 0. The quantitative estimate of drug-likeness (QED) is 0.882. The Labute approximate surface area is 131 Å². The predicted octanol–water partition coefficient (Wildman–Crippen LogP) is 2.56. The van der Waals surface area contributed by atoms with E-state index in [9.17, 15) is 13.8 Å². The first kappa shape index (κ1) is 14.7. The second kappa shape index (κ2) is 6.23. The normalized spacial score (nSPS) is 14.8. The Balaban J connectivity index is 1.76. The van der Waals surface area contributed by atoms with Crippen LogP contribution in [0.2, 0.25) is 0 Å². The van der Waals surface area contributed by atoms with Crippen molar-refractivity contribution in [3.8, 4) is 0 Å². The molecule has 5 heteroatoms. The van der Waals surface area contributed by atoms with E-state index in [1.54, 1.807) is 42.5 Å². The number of nitrogens with one attached hydrogen (secondary N) is 1. The third-order valence-electron chi connectivity index (χ3n) is 3.59. The van der Waals surface area contributed by atoms with Crippen LogP contribution in [0.25, 0.3) is 0 Å². The minimum atomic E-state index is -1.34. The van der Waals surface area contributed by atoms with Crippen molar-refractivity contribution < 1.29 is 13.8 Å². The molecule has 0 aromatic heterocycles. The first-order valence-electron chi connectivity index (χ1n) is 7.03. The summed E-state index contributed by atoms with van der Waals surface area (Å²) in [5.41, 5.74) is 2.26. The van der Waals surface area contributed by atoms with Gasteiger partial charge in [0, 0.05) is 22.6 Å². The van der Waals surface area contributed by atoms with Crippen LogP contribution >= 0.6 is 0 Å². The van der Waals surface area contributed by atoms with Gasteiger partial charge in [-0.05, 0) is 42.3 Å². The second-order valence-corrected chi connectivity index (χ2v) is 6.60. The third-order valence-corrected chi connectivity index (χ3v) is 4.91. The number of ketones is 1. The molecule has 1 atom stereocenters. The van der Waals surface area contributed by atoms with Crippen molar-refractivity contribution in [2.45, 2.75) is 17.7 Å². The van der Waals surface area contributed by atoms with Gasteiger partial charge in [-0.1, -0.05) is 18.2 Å². The molecule has 2 aromatic carbocycles. The monoisotopic (exact) mass is 313 g/mol. The van der Waals surface area contributed by atoms with Crippen molar-refractivity contribution in [1.29, 1.82) is 0 Å². The summed E-state index contributed by atoms with van der Waals surface area (Å²) in [7, 11) is -1.34. The molecular formula is C17H15NO3S. The van der Waals surface area contributed by atoms with Crippen molar-refractivity contribution >= 4 is 28.2 Å². The molecule has 2 aromatic rings. The number of aryl methyl sites for hydroxylation is 1. The minimum Gasteiger partial charge on any atom is -0.326 e. The lowest BCUT2D eigenvalue weighted by atomic mass is 9.99. The van der Waals surface area contributed by atoms with Gasteiger partial charge >= 0.3 is 0 Å². The minimum absolute atomic E-state index is 0.00300. The van der Waals surface area contributed by atoms with Crippen LogP contribution in [0.3, 0.4) is 0 Å². The molecule has 1 amide bonds. The Kier molecular flexibility index (Phi) is 4.15. The zero-order chi connectivity index (χ0) is 15.5. The van der Waals surface area contributed by atoms with Gasteiger partial charge in [-0.3, -0.25) is 13.8 Å². The molecule has 1 N–H and O–H groups in total. The lowest BCUT2D eigenvalue weighted by Crippen LogP contribution is -2.19. The highest BCUT2D eigenvalue weighted by molar-refractivity contribution is 7.85. The highest BCUT2D eigenvalue weighted by Crippen LogP contribution is 2.24. The van der Waals surface area contributed by atoms with Crippen molar-refractivity contribution in [2.75, 3.05) is 11.1 Å². The van der Waals surface area contributed by atoms with Crippen molar-refractivity contribution in [2.24, 2.45) is 0 Å². The van der Waals surface area contributed by atoms with E-state index in [1.165, 1.54) is 0 Å². The molecule has 0 bridgehead atoms. The van der Waals surface area contributed by atoms with Crippen molar-refractivity contribution in [3.05, 3.63) is 59.7 Å². The summed E-state index contributed by atoms with van der Waals surface area (Å²) in [5, 5.41) is 2.78. The predicted molar refractivity (Wildman–Crippen MR) is 85.4 cm³/mol. The van der Waals surface area contributed by atoms with Crippen LogP contribution < -0.4 is 5.32 Å². The molecule has 112 valence electrons. The van der Waals surface area contributed by atoms with Crippen LogP contribution in [-0.2, 0) is 22.0 Å². The summed E-state index contributed by atoms with van der Waals surface area (Å²) in [6.07, 6.45) is 1.06. The van der Waals surface area contributed by atoms with Crippen LogP contribution in [0.5, 0.6) is 0 Å². The fourth-order valence-electron chi connectivity index (χ4n) is 2.41. The molecule has 4 nitrogen and oxygen atoms in total. The van der Waals surface area contributed by atoms with Crippen molar-refractivity contribution in [3.63, 3.8) is 0 Å². The molecule has 0 spiro atoms. The van der Waals surface area contributed by atoms with Gasteiger partial charge in [-0.15, -0.1) is 0 Å². The molecule has 0 fully saturated rings. The molecule has 22 heavy (non-hydrogen) atoms. The second-order valence-electron chi connectivity index (χ2n) is 5.15. The SMILES string of the molecule is O=C1CCc2cc(C(=O)CS(=O)c3ccccc3)ccc2N1. The van der Waals surface area contributed by atoms with E-state index in [0.717, 1.165) is 11.3 Å². The maximum Gasteiger partial charge on any atom is 0.224 e. The lowest BCUT2D eigenvalue weighted by Gasteiger charge is -2.17.